The second-order valence-electron chi connectivity index (χ2n) is 5.67. The summed E-state index contributed by atoms with van der Waals surface area (Å²) in [5.41, 5.74) is 1.24. The summed E-state index contributed by atoms with van der Waals surface area (Å²) in [7, 11) is 1.58. The molecule has 7 heteroatoms. The van der Waals surface area contributed by atoms with Gasteiger partial charge in [-0.2, -0.15) is 0 Å². The first-order chi connectivity index (χ1) is 12.2. The van der Waals surface area contributed by atoms with Crippen LogP contribution in [-0.4, -0.2) is 37.8 Å². The van der Waals surface area contributed by atoms with Crippen molar-refractivity contribution < 1.29 is 18.7 Å². The van der Waals surface area contributed by atoms with E-state index in [0.29, 0.717) is 43.3 Å². The lowest BCUT2D eigenvalue weighted by atomic mass is 10.0. The molecule has 0 saturated heterocycles. The molecule has 1 atom stereocenters. The minimum atomic E-state index is -0.361. The third kappa shape index (κ3) is 4.06. The molecule has 2 heterocycles. The number of nitrogens with one attached hydrogen (secondary N) is 2. The van der Waals surface area contributed by atoms with Gasteiger partial charge >= 0.3 is 0 Å². The molecular weight excluding hydrogens is 325 g/mol. The maximum absolute atomic E-state index is 13.8. The number of rotatable bonds is 6. The number of para-hydroxylation sites is 1. The zero-order valence-electron chi connectivity index (χ0n) is 13.9. The second kappa shape index (κ2) is 7.94. The van der Waals surface area contributed by atoms with Crippen molar-refractivity contribution in [1.82, 2.24) is 10.3 Å². The van der Waals surface area contributed by atoms with Crippen LogP contribution in [-0.2, 0) is 4.74 Å². The fourth-order valence-corrected chi connectivity index (χ4v) is 2.70. The first kappa shape index (κ1) is 17.2. The smallest absolute Gasteiger partial charge is 0.252 e. The average Bonchev–Trinajstić information content (AvgIpc) is 2.63. The molecule has 0 fully saturated rings. The zero-order chi connectivity index (χ0) is 17.6. The molecule has 1 aliphatic heterocycles. The van der Waals surface area contributed by atoms with Gasteiger partial charge in [0.1, 0.15) is 5.82 Å². The number of halogens is 1. The second-order valence-corrected chi connectivity index (χ2v) is 5.67. The van der Waals surface area contributed by atoms with Crippen LogP contribution in [0.4, 0.5) is 10.2 Å². The van der Waals surface area contributed by atoms with Crippen LogP contribution in [0.1, 0.15) is 28.4 Å². The largest absolute Gasteiger partial charge is 0.490 e. The fourth-order valence-electron chi connectivity index (χ4n) is 2.70. The Morgan fingerprint density at radius 2 is 2.28 bits per heavy atom. The van der Waals surface area contributed by atoms with E-state index in [1.165, 1.54) is 12.3 Å². The highest BCUT2D eigenvalue weighted by Gasteiger charge is 2.24. The number of nitrogens with zero attached hydrogens (tertiary/aromatic N) is 1. The monoisotopic (exact) mass is 345 g/mol. The van der Waals surface area contributed by atoms with E-state index in [1.807, 2.05) is 6.07 Å². The standard InChI is InChI=1S/C18H20FN3O3/c1-24-10-8-20-18(23)12-5-6-16(21-11-12)22-15-7-9-25-17-13(15)3-2-4-14(17)19/h2-6,11,15H,7-10H2,1H3,(H,20,23)(H,21,22)/t15-/m0/s1. The lowest BCUT2D eigenvalue weighted by molar-refractivity contribution is 0.0937. The van der Waals surface area contributed by atoms with Gasteiger partial charge in [0, 0.05) is 31.8 Å². The van der Waals surface area contributed by atoms with Gasteiger partial charge in [0.2, 0.25) is 0 Å². The van der Waals surface area contributed by atoms with Gasteiger partial charge in [0.15, 0.2) is 11.6 Å². The number of carbonyl (C=O) groups is 1. The topological polar surface area (TPSA) is 72.5 Å². The van der Waals surface area contributed by atoms with E-state index in [1.54, 1.807) is 25.3 Å². The van der Waals surface area contributed by atoms with E-state index in [4.69, 9.17) is 9.47 Å². The molecule has 0 saturated carbocycles. The normalized spacial score (nSPS) is 15.8. The number of hydrogen-bond donors (Lipinski definition) is 2. The van der Waals surface area contributed by atoms with Crippen molar-refractivity contribution in [2.75, 3.05) is 32.2 Å². The molecule has 1 aromatic carbocycles. The van der Waals surface area contributed by atoms with E-state index >= 15 is 0 Å². The Balaban J connectivity index is 1.67. The lowest BCUT2D eigenvalue weighted by Crippen LogP contribution is -2.27. The van der Waals surface area contributed by atoms with Crippen LogP contribution in [0.25, 0.3) is 0 Å². The minimum Gasteiger partial charge on any atom is -0.490 e. The number of methoxy groups -OCH3 is 1. The third-order valence-electron chi connectivity index (χ3n) is 3.97. The highest BCUT2D eigenvalue weighted by atomic mass is 19.1. The summed E-state index contributed by atoms with van der Waals surface area (Å²) in [4.78, 5) is 16.2. The van der Waals surface area contributed by atoms with Crippen LogP contribution in [0.15, 0.2) is 36.5 Å². The van der Waals surface area contributed by atoms with Crippen molar-refractivity contribution in [2.24, 2.45) is 0 Å². The van der Waals surface area contributed by atoms with Crippen LogP contribution in [0.2, 0.25) is 0 Å². The number of pyridine rings is 1. The Morgan fingerprint density at radius 1 is 1.40 bits per heavy atom. The number of aromatic nitrogens is 1. The van der Waals surface area contributed by atoms with Crippen molar-refractivity contribution in [2.45, 2.75) is 12.5 Å². The maximum atomic E-state index is 13.8. The van der Waals surface area contributed by atoms with E-state index in [-0.39, 0.29) is 17.8 Å². The van der Waals surface area contributed by atoms with Gasteiger partial charge in [-0.1, -0.05) is 12.1 Å². The summed E-state index contributed by atoms with van der Waals surface area (Å²) in [5.74, 6) is 0.352. The molecule has 3 rings (SSSR count). The number of fused-ring (bicyclic) bond motifs is 1. The number of amides is 1. The molecule has 0 aliphatic carbocycles. The van der Waals surface area contributed by atoms with E-state index in [9.17, 15) is 9.18 Å². The SMILES string of the molecule is COCCNC(=O)c1ccc(N[C@H]2CCOc3c(F)cccc32)nc1. The quantitative estimate of drug-likeness (QED) is 0.787. The summed E-state index contributed by atoms with van der Waals surface area (Å²) < 4.78 is 24.1. The zero-order valence-corrected chi connectivity index (χ0v) is 13.9. The van der Waals surface area contributed by atoms with E-state index in [0.717, 1.165) is 5.56 Å². The van der Waals surface area contributed by atoms with Gasteiger partial charge in [-0.25, -0.2) is 9.37 Å². The Hall–Kier alpha value is -2.67. The van der Waals surface area contributed by atoms with Gasteiger partial charge in [0.05, 0.1) is 24.8 Å². The van der Waals surface area contributed by atoms with Crippen molar-refractivity contribution in [3.63, 3.8) is 0 Å². The summed E-state index contributed by atoms with van der Waals surface area (Å²) in [6.45, 7) is 1.34. The minimum absolute atomic E-state index is 0.0895. The summed E-state index contributed by atoms with van der Waals surface area (Å²) in [5, 5.41) is 6.01. The van der Waals surface area contributed by atoms with Crippen LogP contribution in [0, 0.1) is 5.82 Å². The fraction of sp³-hybridized carbons (Fsp3) is 0.333. The van der Waals surface area contributed by atoms with Crippen molar-refractivity contribution in [1.29, 1.82) is 0 Å². The van der Waals surface area contributed by atoms with Crippen LogP contribution in [0.3, 0.4) is 0 Å². The molecule has 132 valence electrons. The Bertz CT molecular complexity index is 737. The molecule has 0 bridgehead atoms. The predicted molar refractivity (Wildman–Crippen MR) is 91.3 cm³/mol. The highest BCUT2D eigenvalue weighted by Crippen LogP contribution is 2.35. The molecule has 0 radical (unpaired) electrons. The highest BCUT2D eigenvalue weighted by molar-refractivity contribution is 5.94. The van der Waals surface area contributed by atoms with Gasteiger partial charge in [0.25, 0.3) is 5.91 Å². The molecule has 0 unspecified atom stereocenters. The first-order valence-electron chi connectivity index (χ1n) is 8.10. The number of hydrogen-bond acceptors (Lipinski definition) is 5. The van der Waals surface area contributed by atoms with E-state index < -0.39 is 0 Å². The average molecular weight is 345 g/mol. The van der Waals surface area contributed by atoms with Crippen molar-refractivity contribution >= 4 is 11.7 Å². The Labute approximate surface area is 145 Å². The molecule has 1 aromatic heterocycles. The van der Waals surface area contributed by atoms with Crippen molar-refractivity contribution in [3.05, 3.63) is 53.5 Å². The molecule has 1 aliphatic rings. The number of carbonyl (C=O) groups excluding carboxylic acids is 1. The van der Waals surface area contributed by atoms with E-state index in [2.05, 4.69) is 15.6 Å². The number of anilines is 1. The van der Waals surface area contributed by atoms with Gasteiger partial charge in [-0.15, -0.1) is 0 Å². The third-order valence-corrected chi connectivity index (χ3v) is 3.97. The molecule has 2 aromatic rings. The molecule has 0 spiro atoms. The van der Waals surface area contributed by atoms with Gasteiger partial charge in [-0.05, 0) is 18.2 Å². The number of ether oxygens (including phenoxy) is 2. The lowest BCUT2D eigenvalue weighted by Gasteiger charge is -2.27. The molecule has 6 nitrogen and oxygen atoms in total. The van der Waals surface area contributed by atoms with Crippen LogP contribution < -0.4 is 15.4 Å². The van der Waals surface area contributed by atoms with Crippen molar-refractivity contribution in [3.8, 4) is 5.75 Å². The summed E-state index contributed by atoms with van der Waals surface area (Å²) >= 11 is 0. The van der Waals surface area contributed by atoms with Crippen LogP contribution in [0.5, 0.6) is 5.75 Å². The summed E-state index contributed by atoms with van der Waals surface area (Å²) in [6.07, 6.45) is 2.22. The maximum Gasteiger partial charge on any atom is 0.252 e. The number of benzene rings is 1. The molecule has 1 amide bonds. The summed E-state index contributed by atoms with van der Waals surface area (Å²) in [6, 6.07) is 8.23. The molecule has 25 heavy (non-hydrogen) atoms. The van der Waals surface area contributed by atoms with Gasteiger partial charge < -0.3 is 20.1 Å². The van der Waals surface area contributed by atoms with Gasteiger partial charge in [-0.3, -0.25) is 4.79 Å². The molecule has 2 N–H and O–H groups in total. The molecular formula is C18H20FN3O3. The van der Waals surface area contributed by atoms with Crippen LogP contribution >= 0.6 is 0 Å². The Kier molecular flexibility index (Phi) is 5.45. The Morgan fingerprint density at radius 3 is 3.04 bits per heavy atom. The predicted octanol–water partition coefficient (Wildman–Crippen LogP) is 2.53. The first-order valence-corrected chi connectivity index (χ1v) is 8.10.